The van der Waals surface area contributed by atoms with Crippen LogP contribution < -0.4 is 20.1 Å². The van der Waals surface area contributed by atoms with Crippen molar-refractivity contribution < 1.29 is 19.0 Å². The molecule has 3 aromatic rings. The van der Waals surface area contributed by atoms with Gasteiger partial charge in [0.1, 0.15) is 18.1 Å². The predicted octanol–water partition coefficient (Wildman–Crippen LogP) is 5.76. The molecule has 0 radical (unpaired) electrons. The van der Waals surface area contributed by atoms with Crippen LogP contribution in [0.15, 0.2) is 77.3 Å². The summed E-state index contributed by atoms with van der Waals surface area (Å²) in [7, 11) is 0. The normalized spacial score (nSPS) is 14.8. The maximum absolute atomic E-state index is 13.0. The van der Waals surface area contributed by atoms with E-state index in [0.717, 1.165) is 30.3 Å². The minimum absolute atomic E-state index is 0.140. The highest BCUT2D eigenvalue weighted by atomic mass is 79.9. The molecule has 182 valence electrons. The Balaban J connectivity index is 1.32. The average molecular weight is 555 g/mol. The van der Waals surface area contributed by atoms with Gasteiger partial charge < -0.3 is 19.5 Å². The maximum atomic E-state index is 13.0. The Morgan fingerprint density at radius 1 is 1.06 bits per heavy atom. The van der Waals surface area contributed by atoms with Gasteiger partial charge in [0.2, 0.25) is 0 Å². The van der Waals surface area contributed by atoms with Crippen molar-refractivity contribution in [1.82, 2.24) is 5.32 Å². The van der Waals surface area contributed by atoms with Crippen LogP contribution in [0, 0.1) is 0 Å². The number of benzene rings is 3. The zero-order valence-corrected chi connectivity index (χ0v) is 21.6. The molecule has 3 aromatic carbocycles. The summed E-state index contributed by atoms with van der Waals surface area (Å²) in [5.41, 5.74) is 2.28. The second-order valence-corrected chi connectivity index (χ2v) is 9.43. The Morgan fingerprint density at radius 3 is 2.71 bits per heavy atom. The van der Waals surface area contributed by atoms with Crippen LogP contribution in [0.5, 0.6) is 11.5 Å². The summed E-state index contributed by atoms with van der Waals surface area (Å²) in [5, 5.41) is 5.96. The van der Waals surface area contributed by atoms with Crippen LogP contribution in [-0.2, 0) is 11.2 Å². The Kier molecular flexibility index (Phi) is 9.11. The molecule has 0 saturated carbocycles. The van der Waals surface area contributed by atoms with E-state index in [9.17, 15) is 4.79 Å². The van der Waals surface area contributed by atoms with E-state index >= 15 is 0 Å². The van der Waals surface area contributed by atoms with Crippen LogP contribution >= 0.6 is 28.1 Å². The van der Waals surface area contributed by atoms with Crippen LogP contribution in [0.4, 0.5) is 5.69 Å². The number of amides is 1. The van der Waals surface area contributed by atoms with Crippen LogP contribution in [0.3, 0.4) is 0 Å². The molecule has 1 aliphatic rings. The number of rotatable bonds is 9. The number of halogens is 1. The van der Waals surface area contributed by atoms with Crippen molar-refractivity contribution in [1.29, 1.82) is 0 Å². The third kappa shape index (κ3) is 7.78. The van der Waals surface area contributed by atoms with E-state index in [4.69, 9.17) is 26.4 Å². The zero-order chi connectivity index (χ0) is 24.5. The molecule has 1 unspecified atom stereocenters. The van der Waals surface area contributed by atoms with Gasteiger partial charge in [-0.15, -0.1) is 0 Å². The summed E-state index contributed by atoms with van der Waals surface area (Å²) in [6.45, 7) is 1.76. The summed E-state index contributed by atoms with van der Waals surface area (Å²) in [4.78, 5) is 13.0. The Morgan fingerprint density at radius 2 is 1.91 bits per heavy atom. The third-order valence-corrected chi connectivity index (χ3v) is 6.15. The molecule has 1 aliphatic heterocycles. The monoisotopic (exact) mass is 554 g/mol. The van der Waals surface area contributed by atoms with Gasteiger partial charge in [0.05, 0.1) is 18.3 Å². The molecule has 0 aliphatic carbocycles. The molecule has 1 fully saturated rings. The largest absolute Gasteiger partial charge is 0.492 e. The van der Waals surface area contributed by atoms with Crippen LogP contribution in [0.2, 0.25) is 0 Å². The van der Waals surface area contributed by atoms with Gasteiger partial charge in [0.15, 0.2) is 5.11 Å². The number of anilines is 1. The summed E-state index contributed by atoms with van der Waals surface area (Å²) < 4.78 is 18.1. The molecule has 2 N–H and O–H groups in total. The smallest absolute Gasteiger partial charge is 0.261 e. The first-order valence-corrected chi connectivity index (χ1v) is 12.7. The second-order valence-electron chi connectivity index (χ2n) is 8.11. The highest BCUT2D eigenvalue weighted by Gasteiger charge is 2.17. The molecule has 1 heterocycles. The second kappa shape index (κ2) is 12.7. The van der Waals surface area contributed by atoms with Gasteiger partial charge in [0, 0.05) is 29.3 Å². The summed E-state index contributed by atoms with van der Waals surface area (Å²) >= 11 is 8.81. The Bertz CT molecular complexity index is 1150. The van der Waals surface area contributed by atoms with Crippen LogP contribution in [-0.4, -0.2) is 36.9 Å². The molecule has 35 heavy (non-hydrogen) atoms. The fraction of sp³-hybridized carbons (Fsp3) is 0.259. The van der Waals surface area contributed by atoms with Crippen molar-refractivity contribution >= 4 is 44.9 Å². The minimum Gasteiger partial charge on any atom is -0.492 e. The molecule has 8 heteroatoms. The van der Waals surface area contributed by atoms with Gasteiger partial charge in [-0.05, 0) is 61.0 Å². The van der Waals surface area contributed by atoms with E-state index in [1.54, 1.807) is 12.1 Å². The third-order valence-electron chi connectivity index (χ3n) is 5.46. The minimum atomic E-state index is -0.357. The molecular formula is C27H27BrN2O4S. The van der Waals surface area contributed by atoms with E-state index in [2.05, 4.69) is 26.6 Å². The molecular weight excluding hydrogens is 528 g/mol. The first-order valence-electron chi connectivity index (χ1n) is 11.5. The molecule has 6 nitrogen and oxygen atoms in total. The number of carbonyl (C=O) groups is 1. The van der Waals surface area contributed by atoms with Crippen molar-refractivity contribution in [2.75, 3.05) is 25.1 Å². The number of hydrogen-bond donors (Lipinski definition) is 2. The molecule has 1 saturated heterocycles. The predicted molar refractivity (Wildman–Crippen MR) is 144 cm³/mol. The van der Waals surface area contributed by atoms with Gasteiger partial charge in [-0.3, -0.25) is 10.1 Å². The van der Waals surface area contributed by atoms with Crippen molar-refractivity contribution in [2.45, 2.75) is 25.4 Å². The SMILES string of the molecule is O=C(NC(=S)Nc1cccc(OCC2CCCO2)c1)c1cc(Br)ccc1OCCc1ccccc1. The highest BCUT2D eigenvalue weighted by Crippen LogP contribution is 2.24. The Hall–Kier alpha value is -2.94. The van der Waals surface area contributed by atoms with Crippen molar-refractivity contribution in [3.8, 4) is 11.5 Å². The van der Waals surface area contributed by atoms with E-state index in [0.29, 0.717) is 36.0 Å². The number of thiocarbonyl (C=S) groups is 1. The van der Waals surface area contributed by atoms with Crippen molar-refractivity contribution in [3.05, 3.63) is 88.4 Å². The van der Waals surface area contributed by atoms with E-state index in [1.165, 1.54) is 5.56 Å². The molecule has 4 rings (SSSR count). The van der Waals surface area contributed by atoms with Crippen molar-refractivity contribution in [3.63, 3.8) is 0 Å². The molecule has 1 atom stereocenters. The quantitative estimate of drug-likeness (QED) is 0.328. The van der Waals surface area contributed by atoms with E-state index in [-0.39, 0.29) is 17.1 Å². The number of hydrogen-bond acceptors (Lipinski definition) is 5. The standard InChI is InChI=1S/C27H27BrN2O4S/c28-20-11-12-25(33-15-13-19-6-2-1-3-7-19)24(16-20)26(31)30-27(35)29-21-8-4-9-22(17-21)34-18-23-10-5-14-32-23/h1-4,6-9,11-12,16-17,23H,5,10,13-15,18H2,(H2,29,30,31,35). The summed E-state index contributed by atoms with van der Waals surface area (Å²) in [6.07, 6.45) is 2.97. The van der Waals surface area contributed by atoms with E-state index < -0.39 is 0 Å². The molecule has 0 bridgehead atoms. The van der Waals surface area contributed by atoms with Gasteiger partial charge in [-0.1, -0.05) is 52.3 Å². The van der Waals surface area contributed by atoms with Crippen molar-refractivity contribution in [2.24, 2.45) is 0 Å². The average Bonchev–Trinajstić information content (AvgIpc) is 3.38. The lowest BCUT2D eigenvalue weighted by Crippen LogP contribution is -2.34. The summed E-state index contributed by atoms with van der Waals surface area (Å²) in [5.74, 6) is 0.846. The molecule has 1 amide bonds. The lowest BCUT2D eigenvalue weighted by molar-refractivity contribution is 0.0680. The number of carbonyl (C=O) groups excluding carboxylic acids is 1. The van der Waals surface area contributed by atoms with Gasteiger partial charge >= 0.3 is 0 Å². The summed E-state index contributed by atoms with van der Waals surface area (Å²) in [6, 6.07) is 22.8. The first-order chi connectivity index (χ1) is 17.1. The topological polar surface area (TPSA) is 68.8 Å². The lowest BCUT2D eigenvalue weighted by Gasteiger charge is -2.15. The first kappa shape index (κ1) is 25.2. The molecule has 0 aromatic heterocycles. The number of nitrogens with one attached hydrogen (secondary N) is 2. The zero-order valence-electron chi connectivity index (χ0n) is 19.2. The van der Waals surface area contributed by atoms with E-state index in [1.807, 2.05) is 60.7 Å². The fourth-order valence-electron chi connectivity index (χ4n) is 3.69. The fourth-order valence-corrected chi connectivity index (χ4v) is 4.26. The van der Waals surface area contributed by atoms with Gasteiger partial charge in [-0.25, -0.2) is 0 Å². The Labute approximate surface area is 219 Å². The maximum Gasteiger partial charge on any atom is 0.261 e. The lowest BCUT2D eigenvalue weighted by atomic mass is 10.1. The highest BCUT2D eigenvalue weighted by molar-refractivity contribution is 9.10. The van der Waals surface area contributed by atoms with Crippen LogP contribution in [0.1, 0.15) is 28.8 Å². The van der Waals surface area contributed by atoms with Gasteiger partial charge in [-0.2, -0.15) is 0 Å². The number of ether oxygens (including phenoxy) is 3. The van der Waals surface area contributed by atoms with Gasteiger partial charge in [0.25, 0.3) is 5.91 Å². The molecule has 0 spiro atoms. The van der Waals surface area contributed by atoms with Crippen LogP contribution in [0.25, 0.3) is 0 Å².